The third-order valence-corrected chi connectivity index (χ3v) is 2.39. The molecule has 0 bridgehead atoms. The van der Waals surface area contributed by atoms with E-state index in [4.69, 9.17) is 16.3 Å². The predicted molar refractivity (Wildman–Crippen MR) is 69.9 cm³/mol. The molecule has 0 spiro atoms. The lowest BCUT2D eigenvalue weighted by Gasteiger charge is -2.11. The van der Waals surface area contributed by atoms with E-state index in [1.807, 2.05) is 19.0 Å². The molecule has 1 aromatic heterocycles. The van der Waals surface area contributed by atoms with Gasteiger partial charge in [-0.05, 0) is 25.7 Å². The van der Waals surface area contributed by atoms with Crippen LogP contribution in [0, 0.1) is 0 Å². The van der Waals surface area contributed by atoms with E-state index in [0.717, 1.165) is 12.6 Å². The van der Waals surface area contributed by atoms with E-state index in [9.17, 15) is 13.2 Å². The van der Waals surface area contributed by atoms with Crippen molar-refractivity contribution in [1.29, 1.82) is 0 Å². The summed E-state index contributed by atoms with van der Waals surface area (Å²) in [6.45, 7) is 2.01. The van der Waals surface area contributed by atoms with Crippen LogP contribution in [0.1, 0.15) is 5.69 Å². The molecule has 0 unspecified atom stereocenters. The van der Waals surface area contributed by atoms with E-state index in [1.165, 1.54) is 0 Å². The molecule has 1 aromatic rings. The number of halogens is 4. The number of likely N-dealkylation sites (N-methyl/N-ethyl adjacent to an activating group) is 1. The van der Waals surface area contributed by atoms with Gasteiger partial charge in [0.15, 0.2) is 5.69 Å². The molecule has 0 saturated heterocycles. The molecule has 5 nitrogen and oxygen atoms in total. The smallest absolute Gasteiger partial charge is 0.378 e. The third-order valence-electron chi connectivity index (χ3n) is 2.22. The molecule has 0 fully saturated rings. The number of nitrogens with zero attached hydrogens (tertiary/aromatic N) is 3. The molecule has 114 valence electrons. The van der Waals surface area contributed by atoms with E-state index >= 15 is 0 Å². The summed E-state index contributed by atoms with van der Waals surface area (Å²) in [6.07, 6.45) is -4.55. The van der Waals surface area contributed by atoms with Crippen molar-refractivity contribution >= 4 is 17.4 Å². The van der Waals surface area contributed by atoms with Crippen molar-refractivity contribution in [3.63, 3.8) is 0 Å². The fourth-order valence-corrected chi connectivity index (χ4v) is 1.44. The summed E-state index contributed by atoms with van der Waals surface area (Å²) in [7, 11) is 3.84. The average Bonchev–Trinajstić information content (AvgIpc) is 2.31. The van der Waals surface area contributed by atoms with Crippen LogP contribution in [-0.4, -0.2) is 55.3 Å². The molecule has 0 radical (unpaired) electrons. The van der Waals surface area contributed by atoms with E-state index in [2.05, 4.69) is 15.3 Å². The number of nitrogens with one attached hydrogen (secondary N) is 1. The van der Waals surface area contributed by atoms with Crippen LogP contribution in [0.5, 0.6) is 0 Å². The molecule has 0 amide bonds. The zero-order chi connectivity index (χ0) is 15.2. The van der Waals surface area contributed by atoms with E-state index in [-0.39, 0.29) is 5.82 Å². The van der Waals surface area contributed by atoms with Crippen LogP contribution in [0.25, 0.3) is 0 Å². The van der Waals surface area contributed by atoms with Crippen molar-refractivity contribution in [3.05, 3.63) is 17.0 Å². The monoisotopic (exact) mass is 312 g/mol. The zero-order valence-electron chi connectivity index (χ0n) is 11.2. The van der Waals surface area contributed by atoms with Crippen LogP contribution in [0.2, 0.25) is 5.28 Å². The van der Waals surface area contributed by atoms with Gasteiger partial charge in [0.25, 0.3) is 0 Å². The fourth-order valence-electron chi connectivity index (χ4n) is 1.25. The SMILES string of the molecule is CN(C)CCOCCNc1cc(C(F)(F)F)nc(Cl)n1. The van der Waals surface area contributed by atoms with Gasteiger partial charge in [-0.25, -0.2) is 9.97 Å². The quantitative estimate of drug-likeness (QED) is 0.617. The highest BCUT2D eigenvalue weighted by molar-refractivity contribution is 6.28. The first-order valence-corrected chi connectivity index (χ1v) is 6.25. The van der Waals surface area contributed by atoms with Gasteiger partial charge in [0, 0.05) is 19.2 Å². The second-order valence-corrected chi connectivity index (χ2v) is 4.59. The summed E-state index contributed by atoms with van der Waals surface area (Å²) in [6, 6.07) is 0.811. The Hall–Kier alpha value is -1.12. The maximum absolute atomic E-state index is 12.5. The van der Waals surface area contributed by atoms with Gasteiger partial charge in [-0.2, -0.15) is 13.2 Å². The normalized spacial score (nSPS) is 11.9. The van der Waals surface area contributed by atoms with Crippen LogP contribution < -0.4 is 5.32 Å². The summed E-state index contributed by atoms with van der Waals surface area (Å²) in [5.41, 5.74) is -1.08. The standard InChI is InChI=1S/C11H16ClF3N4O/c1-19(2)4-6-20-5-3-16-9-7-8(11(13,14)15)17-10(12)18-9/h7H,3-6H2,1-2H3,(H,16,17,18). The first-order chi connectivity index (χ1) is 9.29. The van der Waals surface area contributed by atoms with Crippen LogP contribution in [0.15, 0.2) is 6.07 Å². The lowest BCUT2D eigenvalue weighted by atomic mass is 10.4. The van der Waals surface area contributed by atoms with Crippen LogP contribution in [0.4, 0.5) is 19.0 Å². The number of hydrogen-bond acceptors (Lipinski definition) is 5. The maximum Gasteiger partial charge on any atom is 0.433 e. The number of rotatable bonds is 7. The number of ether oxygens (including phenoxy) is 1. The van der Waals surface area contributed by atoms with Crippen molar-refractivity contribution in [3.8, 4) is 0 Å². The number of hydrogen-bond donors (Lipinski definition) is 1. The Balaban J connectivity index is 2.42. The number of anilines is 1. The molecule has 0 aliphatic heterocycles. The van der Waals surface area contributed by atoms with Gasteiger partial charge in [-0.1, -0.05) is 0 Å². The molecule has 20 heavy (non-hydrogen) atoms. The molecule has 1 rings (SSSR count). The van der Waals surface area contributed by atoms with Crippen LogP contribution >= 0.6 is 11.6 Å². The van der Waals surface area contributed by atoms with Crippen LogP contribution in [-0.2, 0) is 10.9 Å². The highest BCUT2D eigenvalue weighted by Crippen LogP contribution is 2.29. The molecule has 0 atom stereocenters. The van der Waals surface area contributed by atoms with Gasteiger partial charge >= 0.3 is 6.18 Å². The van der Waals surface area contributed by atoms with Crippen LogP contribution in [0.3, 0.4) is 0 Å². The van der Waals surface area contributed by atoms with Gasteiger partial charge in [0.2, 0.25) is 5.28 Å². The molecule has 9 heteroatoms. The largest absolute Gasteiger partial charge is 0.433 e. The lowest BCUT2D eigenvalue weighted by Crippen LogP contribution is -2.20. The summed E-state index contributed by atoms with van der Waals surface area (Å²) in [4.78, 5) is 8.77. The predicted octanol–water partition coefficient (Wildman–Crippen LogP) is 2.14. The molecular weight excluding hydrogens is 297 g/mol. The van der Waals surface area contributed by atoms with E-state index in [1.54, 1.807) is 0 Å². The molecule has 1 N–H and O–H groups in total. The fraction of sp³-hybridized carbons (Fsp3) is 0.636. The molecule has 0 saturated carbocycles. The Morgan fingerprint density at radius 2 is 2.00 bits per heavy atom. The van der Waals surface area contributed by atoms with Gasteiger partial charge in [0.1, 0.15) is 5.82 Å². The minimum atomic E-state index is -4.55. The minimum Gasteiger partial charge on any atom is -0.378 e. The average molecular weight is 313 g/mol. The van der Waals surface area contributed by atoms with E-state index < -0.39 is 17.2 Å². The van der Waals surface area contributed by atoms with Crippen molar-refractivity contribution in [1.82, 2.24) is 14.9 Å². The second-order valence-electron chi connectivity index (χ2n) is 4.25. The summed E-state index contributed by atoms with van der Waals surface area (Å²) >= 11 is 5.45. The van der Waals surface area contributed by atoms with Gasteiger partial charge in [-0.3, -0.25) is 0 Å². The first-order valence-electron chi connectivity index (χ1n) is 5.87. The number of aromatic nitrogens is 2. The van der Waals surface area contributed by atoms with Crippen molar-refractivity contribution in [2.45, 2.75) is 6.18 Å². The zero-order valence-corrected chi connectivity index (χ0v) is 11.9. The van der Waals surface area contributed by atoms with E-state index in [0.29, 0.717) is 19.8 Å². The summed E-state index contributed by atoms with van der Waals surface area (Å²) < 4.78 is 42.8. The Labute approximate surface area is 120 Å². The van der Waals surface area contributed by atoms with Crippen molar-refractivity contribution in [2.24, 2.45) is 0 Å². The molecule has 1 heterocycles. The molecule has 0 aliphatic carbocycles. The lowest BCUT2D eigenvalue weighted by molar-refractivity contribution is -0.141. The maximum atomic E-state index is 12.5. The molecular formula is C11H16ClF3N4O. The van der Waals surface area contributed by atoms with Crippen molar-refractivity contribution < 1.29 is 17.9 Å². The summed E-state index contributed by atoms with van der Waals surface area (Å²) in [5, 5.41) is 2.26. The Kier molecular flexibility index (Phi) is 6.44. The highest BCUT2D eigenvalue weighted by Gasteiger charge is 2.33. The third kappa shape index (κ3) is 6.36. The Morgan fingerprint density at radius 3 is 2.60 bits per heavy atom. The topological polar surface area (TPSA) is 50.3 Å². The Morgan fingerprint density at radius 1 is 1.30 bits per heavy atom. The molecule has 0 aliphatic rings. The second kappa shape index (κ2) is 7.61. The first kappa shape index (κ1) is 16.9. The Bertz CT molecular complexity index is 429. The van der Waals surface area contributed by atoms with Gasteiger partial charge < -0.3 is 15.0 Å². The molecule has 0 aromatic carbocycles. The van der Waals surface area contributed by atoms with Gasteiger partial charge in [0.05, 0.1) is 13.2 Å². The van der Waals surface area contributed by atoms with Gasteiger partial charge in [-0.15, -0.1) is 0 Å². The summed E-state index contributed by atoms with van der Waals surface area (Å²) in [5.74, 6) is 0.0218. The minimum absolute atomic E-state index is 0.0218. The van der Waals surface area contributed by atoms with Crippen molar-refractivity contribution in [2.75, 3.05) is 45.7 Å². The highest BCUT2D eigenvalue weighted by atomic mass is 35.5. The number of alkyl halides is 3.